The Morgan fingerprint density at radius 2 is 2.00 bits per heavy atom. The highest BCUT2D eigenvalue weighted by molar-refractivity contribution is 5.94. The summed E-state index contributed by atoms with van der Waals surface area (Å²) >= 11 is 0. The Hall–Kier alpha value is -1.63. The Balaban J connectivity index is 0.00000132. The van der Waals surface area contributed by atoms with Crippen molar-refractivity contribution in [3.63, 3.8) is 0 Å². The third-order valence-electron chi connectivity index (χ3n) is 3.81. The van der Waals surface area contributed by atoms with Crippen LogP contribution >= 0.6 is 24.8 Å². The molecule has 1 saturated heterocycles. The van der Waals surface area contributed by atoms with E-state index in [-0.39, 0.29) is 36.6 Å². The number of nitrogens with zero attached hydrogens (tertiary/aromatic N) is 3. The van der Waals surface area contributed by atoms with Gasteiger partial charge in [-0.15, -0.1) is 24.8 Å². The van der Waals surface area contributed by atoms with Crippen molar-refractivity contribution in [2.75, 3.05) is 18.4 Å². The number of imidazole rings is 1. The number of carbonyl (C=O) groups excluding carboxylic acids is 1. The van der Waals surface area contributed by atoms with Crippen LogP contribution in [0.2, 0.25) is 0 Å². The molecule has 1 aliphatic rings. The molecule has 0 radical (unpaired) electrons. The van der Waals surface area contributed by atoms with Gasteiger partial charge in [0, 0.05) is 24.5 Å². The number of aryl methyl sites for hydroxylation is 1. The maximum atomic E-state index is 12.4. The highest BCUT2D eigenvalue weighted by Gasteiger charge is 2.22. The first-order valence-corrected chi connectivity index (χ1v) is 7.22. The van der Waals surface area contributed by atoms with Gasteiger partial charge in [0.2, 0.25) is 5.91 Å². The molecular weight excluding hydrogens is 337 g/mol. The van der Waals surface area contributed by atoms with Gasteiger partial charge in [0.1, 0.15) is 5.82 Å². The van der Waals surface area contributed by atoms with E-state index in [1.54, 1.807) is 12.4 Å². The fourth-order valence-electron chi connectivity index (χ4n) is 2.61. The Kier molecular flexibility index (Phi) is 7.48. The van der Waals surface area contributed by atoms with Crippen LogP contribution in [0, 0.1) is 12.8 Å². The monoisotopic (exact) mass is 357 g/mol. The van der Waals surface area contributed by atoms with E-state index >= 15 is 0 Å². The second kappa shape index (κ2) is 8.86. The van der Waals surface area contributed by atoms with E-state index in [0.717, 1.165) is 37.4 Å². The third kappa shape index (κ3) is 4.43. The molecule has 1 aliphatic heterocycles. The molecule has 2 aromatic heterocycles. The summed E-state index contributed by atoms with van der Waals surface area (Å²) in [5, 5.41) is 6.29. The molecule has 0 aromatic carbocycles. The quantitative estimate of drug-likeness (QED) is 0.884. The number of rotatable bonds is 3. The van der Waals surface area contributed by atoms with Crippen molar-refractivity contribution in [3.05, 3.63) is 36.5 Å². The highest BCUT2D eigenvalue weighted by atomic mass is 35.5. The van der Waals surface area contributed by atoms with Crippen LogP contribution in [0.4, 0.5) is 5.69 Å². The number of hydrogen-bond acceptors (Lipinski definition) is 4. The fraction of sp³-hybridized carbons (Fsp3) is 0.400. The molecule has 0 atom stereocenters. The lowest BCUT2D eigenvalue weighted by molar-refractivity contribution is -0.120. The summed E-state index contributed by atoms with van der Waals surface area (Å²) in [6, 6.07) is 3.70. The molecule has 3 rings (SSSR count). The van der Waals surface area contributed by atoms with Crippen molar-refractivity contribution >= 4 is 36.4 Å². The largest absolute Gasteiger partial charge is 0.323 e. The minimum absolute atomic E-state index is 0. The lowest BCUT2D eigenvalue weighted by Crippen LogP contribution is -2.34. The lowest BCUT2D eigenvalue weighted by atomic mass is 9.97. The van der Waals surface area contributed by atoms with E-state index in [2.05, 4.69) is 20.6 Å². The van der Waals surface area contributed by atoms with Gasteiger partial charge in [0.15, 0.2) is 5.82 Å². The standard InChI is InChI=1S/C15H19N5O.2ClH/c1-11-17-9-10-20(11)14-13(3-2-6-18-14)19-15(21)12-4-7-16-8-5-12;;/h2-3,6,9-10,12,16H,4-5,7-8H2,1H3,(H,19,21);2*1H. The van der Waals surface area contributed by atoms with Gasteiger partial charge < -0.3 is 10.6 Å². The molecule has 2 N–H and O–H groups in total. The fourth-order valence-corrected chi connectivity index (χ4v) is 2.61. The summed E-state index contributed by atoms with van der Waals surface area (Å²) in [6.07, 6.45) is 7.05. The highest BCUT2D eigenvalue weighted by Crippen LogP contribution is 2.21. The number of piperidine rings is 1. The SMILES string of the molecule is Cc1nccn1-c1ncccc1NC(=O)C1CCNCC1.Cl.Cl. The van der Waals surface area contributed by atoms with E-state index in [4.69, 9.17) is 0 Å². The molecule has 0 aliphatic carbocycles. The van der Waals surface area contributed by atoms with Crippen LogP contribution in [-0.4, -0.2) is 33.5 Å². The molecular formula is C15H21Cl2N5O. The van der Waals surface area contributed by atoms with Crippen LogP contribution in [0.25, 0.3) is 5.82 Å². The first-order valence-electron chi connectivity index (χ1n) is 7.22. The van der Waals surface area contributed by atoms with E-state index in [1.807, 2.05) is 29.8 Å². The van der Waals surface area contributed by atoms with Gasteiger partial charge in [-0.2, -0.15) is 0 Å². The molecule has 6 nitrogen and oxygen atoms in total. The molecule has 8 heteroatoms. The van der Waals surface area contributed by atoms with Gasteiger partial charge in [0.05, 0.1) is 5.69 Å². The van der Waals surface area contributed by atoms with Gasteiger partial charge in [-0.3, -0.25) is 9.36 Å². The topological polar surface area (TPSA) is 71.8 Å². The van der Waals surface area contributed by atoms with Crippen LogP contribution in [-0.2, 0) is 4.79 Å². The average molecular weight is 358 g/mol. The predicted molar refractivity (Wildman–Crippen MR) is 94.8 cm³/mol. The molecule has 0 bridgehead atoms. The van der Waals surface area contributed by atoms with E-state index < -0.39 is 0 Å². The lowest BCUT2D eigenvalue weighted by Gasteiger charge is -2.22. The van der Waals surface area contributed by atoms with E-state index in [0.29, 0.717) is 5.82 Å². The van der Waals surface area contributed by atoms with Gasteiger partial charge in [-0.05, 0) is 45.0 Å². The number of amides is 1. The second-order valence-corrected chi connectivity index (χ2v) is 5.23. The summed E-state index contributed by atoms with van der Waals surface area (Å²) in [7, 11) is 0. The van der Waals surface area contributed by atoms with Gasteiger partial charge in [-0.25, -0.2) is 9.97 Å². The smallest absolute Gasteiger partial charge is 0.227 e. The molecule has 2 aromatic rings. The first kappa shape index (κ1) is 19.4. The normalized spacial score (nSPS) is 14.5. The molecule has 0 saturated carbocycles. The number of hydrogen-bond donors (Lipinski definition) is 2. The number of nitrogens with one attached hydrogen (secondary N) is 2. The third-order valence-corrected chi connectivity index (χ3v) is 3.81. The van der Waals surface area contributed by atoms with Crippen LogP contribution in [0.1, 0.15) is 18.7 Å². The molecule has 1 amide bonds. The summed E-state index contributed by atoms with van der Waals surface area (Å²) in [4.78, 5) is 21.0. The zero-order valence-corrected chi connectivity index (χ0v) is 14.5. The Morgan fingerprint density at radius 1 is 1.26 bits per heavy atom. The van der Waals surface area contributed by atoms with Crippen molar-refractivity contribution < 1.29 is 4.79 Å². The number of pyridine rings is 1. The Labute approximate surface area is 147 Å². The van der Waals surface area contributed by atoms with Crippen LogP contribution < -0.4 is 10.6 Å². The van der Waals surface area contributed by atoms with Gasteiger partial charge >= 0.3 is 0 Å². The summed E-state index contributed by atoms with van der Waals surface area (Å²) in [5.74, 6) is 1.69. The van der Waals surface area contributed by atoms with E-state index in [9.17, 15) is 4.79 Å². The minimum Gasteiger partial charge on any atom is -0.323 e. The van der Waals surface area contributed by atoms with Crippen LogP contribution in [0.15, 0.2) is 30.7 Å². The molecule has 1 fully saturated rings. The zero-order chi connectivity index (χ0) is 14.7. The van der Waals surface area contributed by atoms with Crippen molar-refractivity contribution in [1.29, 1.82) is 0 Å². The van der Waals surface area contributed by atoms with Crippen LogP contribution in [0.5, 0.6) is 0 Å². The van der Waals surface area contributed by atoms with Gasteiger partial charge in [-0.1, -0.05) is 0 Å². The average Bonchev–Trinajstić information content (AvgIpc) is 2.95. The summed E-state index contributed by atoms with van der Waals surface area (Å²) in [6.45, 7) is 3.71. The van der Waals surface area contributed by atoms with Crippen molar-refractivity contribution in [3.8, 4) is 5.82 Å². The van der Waals surface area contributed by atoms with Crippen LogP contribution in [0.3, 0.4) is 0 Å². The van der Waals surface area contributed by atoms with Crippen molar-refractivity contribution in [2.24, 2.45) is 5.92 Å². The summed E-state index contributed by atoms with van der Waals surface area (Å²) < 4.78 is 1.87. The Morgan fingerprint density at radius 3 is 2.65 bits per heavy atom. The second-order valence-electron chi connectivity index (χ2n) is 5.23. The maximum absolute atomic E-state index is 12.4. The molecule has 0 unspecified atom stereocenters. The number of aromatic nitrogens is 3. The minimum atomic E-state index is 0. The molecule has 23 heavy (non-hydrogen) atoms. The number of carbonyl (C=O) groups is 1. The number of halogens is 2. The van der Waals surface area contributed by atoms with Gasteiger partial charge in [0.25, 0.3) is 0 Å². The van der Waals surface area contributed by atoms with Crippen molar-refractivity contribution in [2.45, 2.75) is 19.8 Å². The Bertz CT molecular complexity index is 640. The predicted octanol–water partition coefficient (Wildman–Crippen LogP) is 2.36. The number of anilines is 1. The molecule has 3 heterocycles. The van der Waals surface area contributed by atoms with Crippen molar-refractivity contribution in [1.82, 2.24) is 19.9 Å². The maximum Gasteiger partial charge on any atom is 0.227 e. The summed E-state index contributed by atoms with van der Waals surface area (Å²) in [5.41, 5.74) is 0.724. The molecule has 126 valence electrons. The molecule has 0 spiro atoms. The van der Waals surface area contributed by atoms with E-state index in [1.165, 1.54) is 0 Å². The zero-order valence-electron chi connectivity index (χ0n) is 12.9. The first-order chi connectivity index (χ1) is 10.3.